The van der Waals surface area contributed by atoms with Gasteiger partial charge < -0.3 is 4.98 Å². The van der Waals surface area contributed by atoms with Crippen LogP contribution in [0.2, 0.25) is 0 Å². The van der Waals surface area contributed by atoms with Crippen molar-refractivity contribution in [2.24, 2.45) is 0 Å². The van der Waals surface area contributed by atoms with Crippen molar-refractivity contribution in [3.8, 4) is 11.3 Å². The molecule has 0 aliphatic rings. The molecule has 1 aromatic carbocycles. The molecule has 0 aliphatic heterocycles. The molecule has 0 fully saturated rings. The number of H-pyrrole nitrogens is 1. The molecule has 0 aliphatic carbocycles. The molecular weight excluding hydrogens is 236 g/mol. The number of carbonyl (C=O) groups is 1. The zero-order valence-electron chi connectivity index (χ0n) is 10.2. The summed E-state index contributed by atoms with van der Waals surface area (Å²) in [5, 5.41) is 0. The van der Waals surface area contributed by atoms with Crippen LogP contribution in [0.5, 0.6) is 0 Å². The number of nitrogens with zero attached hydrogens (tertiary/aromatic N) is 1. The molecule has 0 saturated heterocycles. The monoisotopic (exact) mass is 248 g/mol. The standard InChI is InChI=1S/C16H12N2O/c19-16(12-6-2-1-3-7-12)14-11-17-10-13(14)15-8-4-5-9-18-15/h1-11,17H. The maximum Gasteiger partial charge on any atom is 0.195 e. The van der Waals surface area contributed by atoms with Crippen LogP contribution in [-0.4, -0.2) is 15.8 Å². The summed E-state index contributed by atoms with van der Waals surface area (Å²) < 4.78 is 0. The molecule has 0 saturated carbocycles. The molecule has 3 heteroatoms. The van der Waals surface area contributed by atoms with Crippen molar-refractivity contribution in [3.63, 3.8) is 0 Å². The summed E-state index contributed by atoms with van der Waals surface area (Å²) in [6, 6.07) is 14.9. The zero-order chi connectivity index (χ0) is 13.1. The minimum absolute atomic E-state index is 0.00232. The molecule has 2 heterocycles. The number of carbonyl (C=O) groups excluding carboxylic acids is 1. The second-order valence-corrected chi connectivity index (χ2v) is 4.19. The number of rotatable bonds is 3. The Kier molecular flexibility index (Phi) is 2.94. The molecule has 3 aromatic rings. The first-order valence-electron chi connectivity index (χ1n) is 6.04. The van der Waals surface area contributed by atoms with Gasteiger partial charge in [-0.2, -0.15) is 0 Å². The molecule has 0 radical (unpaired) electrons. The van der Waals surface area contributed by atoms with Crippen LogP contribution in [0.3, 0.4) is 0 Å². The van der Waals surface area contributed by atoms with Crippen LogP contribution in [-0.2, 0) is 0 Å². The highest BCUT2D eigenvalue weighted by molar-refractivity contribution is 6.12. The van der Waals surface area contributed by atoms with Crippen LogP contribution in [0.25, 0.3) is 11.3 Å². The number of aromatic nitrogens is 2. The minimum Gasteiger partial charge on any atom is -0.366 e. The van der Waals surface area contributed by atoms with Crippen molar-refractivity contribution in [2.75, 3.05) is 0 Å². The van der Waals surface area contributed by atoms with Crippen molar-refractivity contribution in [2.45, 2.75) is 0 Å². The second kappa shape index (κ2) is 4.90. The van der Waals surface area contributed by atoms with Gasteiger partial charge in [-0.25, -0.2) is 0 Å². The van der Waals surface area contributed by atoms with Gasteiger partial charge in [-0.05, 0) is 12.1 Å². The highest BCUT2D eigenvalue weighted by Crippen LogP contribution is 2.23. The number of aromatic amines is 1. The Labute approximate surface area is 111 Å². The Morgan fingerprint density at radius 3 is 2.47 bits per heavy atom. The van der Waals surface area contributed by atoms with Crippen LogP contribution in [0.4, 0.5) is 0 Å². The number of pyridine rings is 1. The zero-order valence-corrected chi connectivity index (χ0v) is 10.2. The highest BCUT2D eigenvalue weighted by atomic mass is 16.1. The lowest BCUT2D eigenvalue weighted by atomic mass is 10.0. The molecule has 3 nitrogen and oxygen atoms in total. The third-order valence-electron chi connectivity index (χ3n) is 2.97. The van der Waals surface area contributed by atoms with Gasteiger partial charge in [-0.1, -0.05) is 36.4 Å². The molecule has 0 spiro atoms. The van der Waals surface area contributed by atoms with E-state index in [1.54, 1.807) is 18.6 Å². The lowest BCUT2D eigenvalue weighted by Gasteiger charge is -2.02. The highest BCUT2D eigenvalue weighted by Gasteiger charge is 2.15. The molecule has 0 atom stereocenters. The van der Waals surface area contributed by atoms with Gasteiger partial charge in [0.1, 0.15) is 0 Å². The SMILES string of the molecule is O=C(c1ccccc1)c1c[nH]cc1-c1ccccn1. The molecule has 19 heavy (non-hydrogen) atoms. The van der Waals surface area contributed by atoms with Crippen molar-refractivity contribution < 1.29 is 4.79 Å². The Bertz CT molecular complexity index is 687. The van der Waals surface area contributed by atoms with E-state index >= 15 is 0 Å². The van der Waals surface area contributed by atoms with Gasteiger partial charge in [-0.3, -0.25) is 9.78 Å². The van der Waals surface area contributed by atoms with Gasteiger partial charge >= 0.3 is 0 Å². The van der Waals surface area contributed by atoms with E-state index in [1.807, 2.05) is 48.5 Å². The number of ketones is 1. The Morgan fingerprint density at radius 1 is 0.947 bits per heavy atom. The summed E-state index contributed by atoms with van der Waals surface area (Å²) in [4.78, 5) is 19.7. The molecule has 0 amide bonds. The topological polar surface area (TPSA) is 45.8 Å². The molecule has 0 unspecified atom stereocenters. The summed E-state index contributed by atoms with van der Waals surface area (Å²) in [6.45, 7) is 0. The Morgan fingerprint density at radius 2 is 1.74 bits per heavy atom. The van der Waals surface area contributed by atoms with Crippen LogP contribution < -0.4 is 0 Å². The van der Waals surface area contributed by atoms with Gasteiger partial charge in [0.2, 0.25) is 0 Å². The fourth-order valence-corrected chi connectivity index (χ4v) is 2.03. The van der Waals surface area contributed by atoms with E-state index in [4.69, 9.17) is 0 Å². The second-order valence-electron chi connectivity index (χ2n) is 4.19. The molecule has 2 aromatic heterocycles. The van der Waals surface area contributed by atoms with Crippen LogP contribution >= 0.6 is 0 Å². The van der Waals surface area contributed by atoms with Crippen molar-refractivity contribution >= 4 is 5.78 Å². The van der Waals surface area contributed by atoms with E-state index in [2.05, 4.69) is 9.97 Å². The average Bonchev–Trinajstić information content (AvgIpc) is 2.98. The molecule has 0 bridgehead atoms. The lowest BCUT2D eigenvalue weighted by molar-refractivity contribution is 0.103. The van der Waals surface area contributed by atoms with E-state index in [0.29, 0.717) is 11.1 Å². The van der Waals surface area contributed by atoms with Gasteiger partial charge in [0.05, 0.1) is 5.69 Å². The predicted octanol–water partition coefficient (Wildman–Crippen LogP) is 3.31. The number of nitrogens with one attached hydrogen (secondary N) is 1. The largest absolute Gasteiger partial charge is 0.366 e. The first kappa shape index (κ1) is 11.4. The minimum atomic E-state index is 0.00232. The summed E-state index contributed by atoms with van der Waals surface area (Å²) >= 11 is 0. The third kappa shape index (κ3) is 2.18. The third-order valence-corrected chi connectivity index (χ3v) is 2.97. The van der Waals surface area contributed by atoms with Gasteiger partial charge in [0.25, 0.3) is 0 Å². The Hall–Kier alpha value is -2.68. The van der Waals surface area contributed by atoms with Crippen molar-refractivity contribution in [1.29, 1.82) is 0 Å². The smallest absolute Gasteiger partial charge is 0.195 e. The number of hydrogen-bond acceptors (Lipinski definition) is 2. The van der Waals surface area contributed by atoms with E-state index in [9.17, 15) is 4.79 Å². The number of benzene rings is 1. The lowest BCUT2D eigenvalue weighted by Crippen LogP contribution is -2.01. The average molecular weight is 248 g/mol. The van der Waals surface area contributed by atoms with Crippen LogP contribution in [0.1, 0.15) is 15.9 Å². The summed E-state index contributed by atoms with van der Waals surface area (Å²) in [6.07, 6.45) is 5.25. The maximum absolute atomic E-state index is 12.5. The molecule has 3 rings (SSSR count). The van der Waals surface area contributed by atoms with E-state index in [1.165, 1.54) is 0 Å². The summed E-state index contributed by atoms with van der Waals surface area (Å²) in [7, 11) is 0. The fraction of sp³-hybridized carbons (Fsp3) is 0. The van der Waals surface area contributed by atoms with Gasteiger partial charge in [0.15, 0.2) is 5.78 Å². The maximum atomic E-state index is 12.5. The van der Waals surface area contributed by atoms with Crippen LogP contribution in [0, 0.1) is 0 Å². The van der Waals surface area contributed by atoms with Gasteiger partial charge in [-0.15, -0.1) is 0 Å². The fourth-order valence-electron chi connectivity index (χ4n) is 2.03. The van der Waals surface area contributed by atoms with E-state index in [0.717, 1.165) is 11.3 Å². The van der Waals surface area contributed by atoms with E-state index in [-0.39, 0.29) is 5.78 Å². The normalized spacial score (nSPS) is 10.3. The quantitative estimate of drug-likeness (QED) is 0.723. The summed E-state index contributed by atoms with van der Waals surface area (Å²) in [5.41, 5.74) is 2.95. The van der Waals surface area contributed by atoms with Crippen molar-refractivity contribution in [3.05, 3.63) is 78.2 Å². The molecule has 1 N–H and O–H groups in total. The number of hydrogen-bond donors (Lipinski definition) is 1. The molecular formula is C16H12N2O. The first-order valence-corrected chi connectivity index (χ1v) is 6.04. The predicted molar refractivity (Wildman–Crippen MR) is 73.9 cm³/mol. The van der Waals surface area contributed by atoms with E-state index < -0.39 is 0 Å². The molecule has 92 valence electrons. The Balaban J connectivity index is 2.04. The van der Waals surface area contributed by atoms with Crippen LogP contribution in [0.15, 0.2) is 67.1 Å². The first-order chi connectivity index (χ1) is 9.36. The van der Waals surface area contributed by atoms with Gasteiger partial charge in [0, 0.05) is 35.3 Å². The van der Waals surface area contributed by atoms with Crippen molar-refractivity contribution in [1.82, 2.24) is 9.97 Å². The summed E-state index contributed by atoms with van der Waals surface area (Å²) in [5.74, 6) is 0.00232.